The maximum absolute atomic E-state index is 6.06. The van der Waals surface area contributed by atoms with Gasteiger partial charge in [0, 0.05) is 11.6 Å². The van der Waals surface area contributed by atoms with Crippen LogP contribution in [-0.4, -0.2) is 10.8 Å². The second kappa shape index (κ2) is 5.80. The first-order valence-corrected chi connectivity index (χ1v) is 6.48. The molecule has 3 nitrogen and oxygen atoms in total. The number of hydrogen-bond acceptors (Lipinski definition) is 2. The van der Waals surface area contributed by atoms with Crippen LogP contribution in [0.25, 0.3) is 0 Å². The summed E-state index contributed by atoms with van der Waals surface area (Å²) in [6.45, 7) is 2.61. The molecular weight excluding hydrogens is 210 g/mol. The summed E-state index contributed by atoms with van der Waals surface area (Å²) >= 11 is 0. The molecule has 3 heteroatoms. The van der Waals surface area contributed by atoms with E-state index in [1.54, 1.807) is 0 Å². The molecule has 0 bridgehead atoms. The first-order chi connectivity index (χ1) is 8.25. The third-order valence-corrected chi connectivity index (χ3v) is 3.39. The van der Waals surface area contributed by atoms with E-state index in [4.69, 9.17) is 5.73 Å². The Bertz CT molecular complexity index is 392. The van der Waals surface area contributed by atoms with Crippen LogP contribution in [0.2, 0.25) is 0 Å². The lowest BCUT2D eigenvalue weighted by Crippen LogP contribution is -2.25. The lowest BCUT2D eigenvalue weighted by atomic mass is 9.88. The third kappa shape index (κ3) is 3.55. The fourth-order valence-electron chi connectivity index (χ4n) is 2.39. The molecule has 1 aromatic heterocycles. The summed E-state index contributed by atoms with van der Waals surface area (Å²) < 4.78 is 0. The molecule has 0 saturated heterocycles. The maximum Gasteiger partial charge on any atom is 0.0973 e. The van der Waals surface area contributed by atoms with Crippen LogP contribution >= 0.6 is 0 Å². The predicted octanol–water partition coefficient (Wildman–Crippen LogP) is 2.83. The Labute approximate surface area is 103 Å². The zero-order valence-corrected chi connectivity index (χ0v) is 10.5. The monoisotopic (exact) mass is 231 g/mol. The Morgan fingerprint density at radius 1 is 1.35 bits per heavy atom. The molecule has 0 aromatic carbocycles. The van der Waals surface area contributed by atoms with Crippen LogP contribution in [0, 0.1) is 12.8 Å². The van der Waals surface area contributed by atoms with E-state index in [9.17, 15) is 0 Å². The number of aryl methyl sites for hydroxylation is 1. The second-order valence-corrected chi connectivity index (χ2v) is 4.85. The maximum atomic E-state index is 6.06. The molecule has 1 aromatic rings. The summed E-state index contributed by atoms with van der Waals surface area (Å²) in [4.78, 5) is 8.92. The van der Waals surface area contributed by atoms with Gasteiger partial charge in [-0.2, -0.15) is 0 Å². The third-order valence-electron chi connectivity index (χ3n) is 3.39. The van der Waals surface area contributed by atoms with Crippen LogP contribution in [0.4, 0.5) is 0 Å². The molecule has 1 aliphatic rings. The van der Waals surface area contributed by atoms with Crippen LogP contribution < -0.4 is 5.73 Å². The van der Waals surface area contributed by atoms with Gasteiger partial charge < -0.3 is 5.73 Å². The standard InChI is InChI=1S/C14H21N3/c1-11-6-5-9-13(17-11)10-16-14(15)12-7-3-2-4-8-12/h5-6,9,12H,2-4,7-8,10H2,1H3,(H2,15,16). The summed E-state index contributed by atoms with van der Waals surface area (Å²) in [5.41, 5.74) is 8.10. The van der Waals surface area contributed by atoms with Gasteiger partial charge in [0.15, 0.2) is 0 Å². The zero-order chi connectivity index (χ0) is 12.1. The Morgan fingerprint density at radius 3 is 2.82 bits per heavy atom. The topological polar surface area (TPSA) is 51.3 Å². The van der Waals surface area contributed by atoms with E-state index < -0.39 is 0 Å². The van der Waals surface area contributed by atoms with Gasteiger partial charge in [0.05, 0.1) is 18.1 Å². The van der Waals surface area contributed by atoms with E-state index in [1.807, 2.05) is 25.1 Å². The molecule has 0 aliphatic heterocycles. The van der Waals surface area contributed by atoms with E-state index in [0.717, 1.165) is 17.2 Å². The average molecular weight is 231 g/mol. The van der Waals surface area contributed by atoms with Gasteiger partial charge in [-0.05, 0) is 31.9 Å². The van der Waals surface area contributed by atoms with Crippen molar-refractivity contribution in [1.82, 2.24) is 4.98 Å². The van der Waals surface area contributed by atoms with Crippen molar-refractivity contribution in [3.05, 3.63) is 29.6 Å². The number of rotatable bonds is 3. The molecular formula is C14H21N3. The van der Waals surface area contributed by atoms with Gasteiger partial charge in [-0.3, -0.25) is 9.98 Å². The van der Waals surface area contributed by atoms with Gasteiger partial charge in [-0.25, -0.2) is 0 Å². The molecule has 1 aliphatic carbocycles. The smallest absolute Gasteiger partial charge is 0.0973 e. The van der Waals surface area contributed by atoms with Crippen molar-refractivity contribution in [3.63, 3.8) is 0 Å². The SMILES string of the molecule is Cc1cccc(CN=C(N)C2CCCCC2)n1. The van der Waals surface area contributed by atoms with Crippen molar-refractivity contribution in [2.75, 3.05) is 0 Å². The van der Waals surface area contributed by atoms with E-state index in [2.05, 4.69) is 9.98 Å². The van der Waals surface area contributed by atoms with Crippen LogP contribution in [0.5, 0.6) is 0 Å². The first-order valence-electron chi connectivity index (χ1n) is 6.48. The fourth-order valence-corrected chi connectivity index (χ4v) is 2.39. The van der Waals surface area contributed by atoms with Gasteiger partial charge in [0.25, 0.3) is 0 Å². The number of hydrogen-bond donors (Lipinski definition) is 1. The number of nitrogens with zero attached hydrogens (tertiary/aromatic N) is 2. The molecule has 1 fully saturated rings. The number of nitrogens with two attached hydrogens (primary N) is 1. The number of pyridine rings is 1. The molecule has 1 saturated carbocycles. The van der Waals surface area contributed by atoms with Crippen molar-refractivity contribution in [1.29, 1.82) is 0 Å². The quantitative estimate of drug-likeness (QED) is 0.642. The highest BCUT2D eigenvalue weighted by Gasteiger charge is 2.16. The highest BCUT2D eigenvalue weighted by Crippen LogP contribution is 2.23. The Balaban J connectivity index is 1.95. The molecule has 0 unspecified atom stereocenters. The summed E-state index contributed by atoms with van der Waals surface area (Å²) in [6, 6.07) is 6.02. The Morgan fingerprint density at radius 2 is 2.12 bits per heavy atom. The summed E-state index contributed by atoms with van der Waals surface area (Å²) in [5.74, 6) is 1.33. The second-order valence-electron chi connectivity index (χ2n) is 4.85. The highest BCUT2D eigenvalue weighted by atomic mass is 14.9. The molecule has 17 heavy (non-hydrogen) atoms. The molecule has 2 N–H and O–H groups in total. The Kier molecular flexibility index (Phi) is 4.13. The number of amidine groups is 1. The number of aliphatic imine (C=N–C) groups is 1. The summed E-state index contributed by atoms with van der Waals surface area (Å²) in [6.07, 6.45) is 6.35. The van der Waals surface area contributed by atoms with Crippen LogP contribution in [0.1, 0.15) is 43.5 Å². The highest BCUT2D eigenvalue weighted by molar-refractivity contribution is 5.82. The van der Waals surface area contributed by atoms with E-state index >= 15 is 0 Å². The van der Waals surface area contributed by atoms with Crippen LogP contribution in [0.3, 0.4) is 0 Å². The molecule has 0 radical (unpaired) electrons. The lowest BCUT2D eigenvalue weighted by molar-refractivity contribution is 0.436. The summed E-state index contributed by atoms with van der Waals surface area (Å²) in [7, 11) is 0. The molecule has 92 valence electrons. The largest absolute Gasteiger partial charge is 0.387 e. The van der Waals surface area contributed by atoms with Crippen molar-refractivity contribution in [2.45, 2.75) is 45.6 Å². The van der Waals surface area contributed by atoms with Crippen molar-refractivity contribution in [2.24, 2.45) is 16.6 Å². The fraction of sp³-hybridized carbons (Fsp3) is 0.571. The normalized spacial score (nSPS) is 18.3. The van der Waals surface area contributed by atoms with Crippen molar-refractivity contribution >= 4 is 5.84 Å². The zero-order valence-electron chi connectivity index (χ0n) is 10.5. The van der Waals surface area contributed by atoms with E-state index in [1.165, 1.54) is 32.1 Å². The first kappa shape index (κ1) is 12.1. The molecule has 0 spiro atoms. The van der Waals surface area contributed by atoms with Crippen LogP contribution in [-0.2, 0) is 6.54 Å². The minimum Gasteiger partial charge on any atom is -0.387 e. The predicted molar refractivity (Wildman–Crippen MR) is 70.9 cm³/mol. The Hall–Kier alpha value is -1.38. The van der Waals surface area contributed by atoms with Crippen LogP contribution in [0.15, 0.2) is 23.2 Å². The minimum absolute atomic E-state index is 0.508. The molecule has 1 heterocycles. The van der Waals surface area contributed by atoms with Gasteiger partial charge in [0.2, 0.25) is 0 Å². The lowest BCUT2D eigenvalue weighted by Gasteiger charge is -2.20. The van der Waals surface area contributed by atoms with E-state index in [0.29, 0.717) is 12.5 Å². The molecule has 0 atom stereocenters. The molecule has 2 rings (SSSR count). The van der Waals surface area contributed by atoms with Gasteiger partial charge in [-0.15, -0.1) is 0 Å². The summed E-state index contributed by atoms with van der Waals surface area (Å²) in [5, 5.41) is 0. The molecule has 0 amide bonds. The van der Waals surface area contributed by atoms with Crippen molar-refractivity contribution in [3.8, 4) is 0 Å². The average Bonchev–Trinajstić information content (AvgIpc) is 2.37. The van der Waals surface area contributed by atoms with Gasteiger partial charge >= 0.3 is 0 Å². The van der Waals surface area contributed by atoms with Gasteiger partial charge in [-0.1, -0.05) is 25.3 Å². The van der Waals surface area contributed by atoms with Crippen molar-refractivity contribution < 1.29 is 0 Å². The van der Waals surface area contributed by atoms with E-state index in [-0.39, 0.29) is 0 Å². The van der Waals surface area contributed by atoms with Gasteiger partial charge in [0.1, 0.15) is 0 Å². The minimum atomic E-state index is 0.508. The number of aromatic nitrogens is 1.